The molecule has 0 bridgehead atoms. The highest BCUT2D eigenvalue weighted by atomic mass is 79.9. The molecule has 0 heterocycles. The third-order valence-electron chi connectivity index (χ3n) is 20.4. The number of nitrogen functional groups attached to an aromatic ring is 1. The van der Waals surface area contributed by atoms with Crippen LogP contribution in [-0.2, 0) is 14.2 Å². The van der Waals surface area contributed by atoms with Gasteiger partial charge in [0, 0.05) is 70.9 Å². The Labute approximate surface area is 690 Å². The number of benzene rings is 7. The lowest BCUT2D eigenvalue weighted by Crippen LogP contribution is -2.39. The van der Waals surface area contributed by atoms with E-state index in [1.165, 1.54) is 136 Å². The molecular weight excluding hydrogens is 1580 g/mol. The average Bonchev–Trinajstić information content (AvgIpc) is 0.794. The molecule has 0 amide bonds. The van der Waals surface area contributed by atoms with Crippen LogP contribution in [0.4, 0.5) is 44.2 Å². The van der Waals surface area contributed by atoms with Crippen molar-refractivity contribution in [3.63, 3.8) is 0 Å². The molecule has 11 rings (SSSR count). The minimum atomic E-state index is -1.66. The van der Waals surface area contributed by atoms with Crippen molar-refractivity contribution < 1.29 is 57.8 Å². The normalized spacial score (nSPS) is 14.5. The SMILES string of the molecule is CC(C)CN(c1ccc(Br)cc1[N+](=O)[O-])C1CCCCC1.CC(C)CNC1CCCCC1.COC(=O)c1ccccc1-c1ccc(N(CC(C)C)C2CCCCC2)c(N)c1.COC(=O)c1ccccc1-c1ccc(N(CC(C)C)C2CCCCC2)c([N+](=O)[O-])c1.COC(=O)c1ccccc1B(O)O.O=[N+]([O-])c1cc(Br)ccc1F. The smallest absolute Gasteiger partial charge is 0.465 e. The number of hydrogen-bond donors (Lipinski definition) is 4. The fraction of sp³-hybridized carbons (Fsp3) is 0.489. The number of halogens is 3. The van der Waals surface area contributed by atoms with Crippen LogP contribution in [0.3, 0.4) is 0 Å². The van der Waals surface area contributed by atoms with Gasteiger partial charge in [0.05, 0.1) is 64.2 Å². The van der Waals surface area contributed by atoms with E-state index in [-0.39, 0.29) is 38.2 Å². The van der Waals surface area contributed by atoms with Gasteiger partial charge in [-0.15, -0.1) is 0 Å². The molecule has 4 fully saturated rings. The van der Waals surface area contributed by atoms with Gasteiger partial charge in [-0.1, -0.05) is 231 Å². The van der Waals surface area contributed by atoms with Crippen LogP contribution < -0.4 is 31.2 Å². The first-order chi connectivity index (χ1) is 54.5. The van der Waals surface area contributed by atoms with Crippen LogP contribution >= 0.6 is 31.9 Å². The third-order valence-corrected chi connectivity index (χ3v) is 21.4. The van der Waals surface area contributed by atoms with Crippen molar-refractivity contribution in [2.75, 3.05) is 67.9 Å². The topological polar surface area (TPSA) is 297 Å². The number of methoxy groups -OCH3 is 3. The molecule has 114 heavy (non-hydrogen) atoms. The van der Waals surface area contributed by atoms with Crippen LogP contribution in [0, 0.1) is 59.8 Å². The van der Waals surface area contributed by atoms with E-state index in [4.69, 9.17) is 25.3 Å². The van der Waals surface area contributed by atoms with Crippen molar-refractivity contribution in [3.05, 3.63) is 207 Å². The molecule has 5 N–H and O–H groups in total. The van der Waals surface area contributed by atoms with Crippen molar-refractivity contribution in [2.45, 2.75) is 208 Å². The molecule has 0 aliphatic heterocycles. The summed E-state index contributed by atoms with van der Waals surface area (Å²) in [6, 6.07) is 43.3. The summed E-state index contributed by atoms with van der Waals surface area (Å²) in [5.41, 5.74) is 14.0. The molecule has 4 saturated carbocycles. The second kappa shape index (κ2) is 48.5. The van der Waals surface area contributed by atoms with Crippen molar-refractivity contribution in [1.82, 2.24) is 5.32 Å². The molecule has 0 unspecified atom stereocenters. The molecule has 22 nitrogen and oxygen atoms in total. The summed E-state index contributed by atoms with van der Waals surface area (Å²) in [5.74, 6) is 0.0594. The minimum Gasteiger partial charge on any atom is -0.465 e. The first-order valence-electron chi connectivity index (χ1n) is 40.1. The third kappa shape index (κ3) is 29.5. The number of nitro groups is 3. The first kappa shape index (κ1) is 94.0. The Balaban J connectivity index is 0.000000222. The number of nitrogens with two attached hydrogens (primary N) is 1. The van der Waals surface area contributed by atoms with Crippen LogP contribution in [0.2, 0.25) is 0 Å². The summed E-state index contributed by atoms with van der Waals surface area (Å²) in [6.45, 7) is 21.5. The monoisotopic (exact) mass is 1700 g/mol. The molecule has 4 aliphatic rings. The number of carbonyl (C=O) groups excluding carboxylic acids is 3. The highest BCUT2D eigenvalue weighted by Gasteiger charge is 2.32. The van der Waals surface area contributed by atoms with Crippen molar-refractivity contribution in [2.24, 2.45) is 23.7 Å². The lowest BCUT2D eigenvalue weighted by atomic mass is 9.77. The lowest BCUT2D eigenvalue weighted by molar-refractivity contribution is -0.387. The summed E-state index contributed by atoms with van der Waals surface area (Å²) < 4.78 is 28.1. The van der Waals surface area contributed by atoms with Crippen LogP contribution in [0.25, 0.3) is 22.3 Å². The molecular formula is C88H118BBr2FN8O14. The summed E-state index contributed by atoms with van der Waals surface area (Å²) >= 11 is 6.33. The van der Waals surface area contributed by atoms with Crippen molar-refractivity contribution in [3.8, 4) is 22.3 Å². The fourth-order valence-corrected chi connectivity index (χ4v) is 15.7. The highest BCUT2D eigenvalue weighted by Crippen LogP contribution is 2.41. The molecule has 0 saturated heterocycles. The zero-order chi connectivity index (χ0) is 83.6. The Kier molecular flexibility index (Phi) is 40.0. The standard InChI is InChI=1S/C24H30N2O4.C24H32N2O2.C16H23BrN2O2.C10H21N.C8H9BO4.C6H3BrFNO2/c1-17(2)16-25(19-9-5-4-6-10-19)22-14-13-18(15-23(22)26(28)29)20-11-7-8-12-21(20)24(27)30-3;1-17(2)16-26(19-9-5-4-6-10-19)23-14-13-18(15-22(23)25)20-11-7-8-12-21(20)24(27)28-3;1-12(2)11-18(14-6-4-3-5-7-14)15-9-8-13(17)10-16(15)19(20)21;1-9(2)8-11-10-6-4-3-5-7-10;1-13-8(10)6-4-2-3-5-7(6)9(11)12;7-4-1-2-5(8)6(3-4)9(10)11/h7-8,11-15,17,19H,4-6,9-10,16H2,1-3H3;7-8,11-15,17,19H,4-6,9-10,16,25H2,1-3H3;8-10,12,14H,3-7,11H2,1-2H3;9-11H,3-8H2,1-2H3;2-5,11-12H,1H3;1-3H. The Hall–Kier alpha value is -8.82. The van der Waals surface area contributed by atoms with Crippen molar-refractivity contribution in [1.29, 1.82) is 0 Å². The van der Waals surface area contributed by atoms with Gasteiger partial charge in [-0.05, 0) is 170 Å². The van der Waals surface area contributed by atoms with Crippen molar-refractivity contribution >= 4 is 102 Å². The number of nitro benzene ring substituents is 3. The molecule has 7 aromatic carbocycles. The summed E-state index contributed by atoms with van der Waals surface area (Å²) in [5, 5.41) is 55.0. The van der Waals surface area contributed by atoms with Gasteiger partial charge in [0.2, 0.25) is 5.82 Å². The Morgan fingerprint density at radius 1 is 0.465 bits per heavy atom. The number of nitrogens with zero attached hydrogens (tertiary/aromatic N) is 6. The first-order valence-corrected chi connectivity index (χ1v) is 41.7. The maximum Gasteiger partial charge on any atom is 0.489 e. The highest BCUT2D eigenvalue weighted by molar-refractivity contribution is 9.10. The van der Waals surface area contributed by atoms with E-state index in [0.717, 1.165) is 115 Å². The van der Waals surface area contributed by atoms with Gasteiger partial charge in [-0.2, -0.15) is 4.39 Å². The quantitative estimate of drug-likeness (QED) is 0.0109. The Bertz CT molecular complexity index is 4210. The Morgan fingerprint density at radius 2 is 0.807 bits per heavy atom. The predicted octanol–water partition coefficient (Wildman–Crippen LogP) is 20.7. The average molecular weight is 1700 g/mol. The fourth-order valence-electron chi connectivity index (χ4n) is 15.0. The molecule has 0 atom stereocenters. The summed E-state index contributed by atoms with van der Waals surface area (Å²) in [7, 11) is 2.32. The van der Waals surface area contributed by atoms with Gasteiger partial charge in [0.1, 0.15) is 11.4 Å². The van der Waals surface area contributed by atoms with Gasteiger partial charge >= 0.3 is 30.7 Å². The number of ether oxygens (including phenoxy) is 3. The molecule has 0 spiro atoms. The van der Waals surface area contributed by atoms with E-state index in [0.29, 0.717) is 68.3 Å². The lowest BCUT2D eigenvalue weighted by Gasteiger charge is -2.38. The molecule has 0 radical (unpaired) electrons. The van der Waals surface area contributed by atoms with Crippen LogP contribution in [-0.4, -0.2) is 122 Å². The minimum absolute atomic E-state index is 0.0818. The molecule has 618 valence electrons. The second-order valence-corrected chi connectivity index (χ2v) is 33.0. The van der Waals surface area contributed by atoms with E-state index in [9.17, 15) is 49.1 Å². The van der Waals surface area contributed by atoms with Gasteiger partial charge in [-0.3, -0.25) is 30.3 Å². The second-order valence-electron chi connectivity index (χ2n) is 31.2. The molecule has 0 aromatic heterocycles. The molecule has 26 heteroatoms. The van der Waals surface area contributed by atoms with Crippen LogP contribution in [0.5, 0.6) is 0 Å². The number of nitrogens with one attached hydrogen (secondary N) is 1. The van der Waals surface area contributed by atoms with E-state index < -0.39 is 35.5 Å². The van der Waals surface area contributed by atoms with Gasteiger partial charge in [0.15, 0.2) is 0 Å². The summed E-state index contributed by atoms with van der Waals surface area (Å²) in [6.07, 6.45) is 25.3. The van der Waals surface area contributed by atoms with Crippen LogP contribution in [0.1, 0.15) is 215 Å². The predicted molar refractivity (Wildman–Crippen MR) is 464 cm³/mol. The zero-order valence-electron chi connectivity index (χ0n) is 68.2. The largest absolute Gasteiger partial charge is 0.489 e. The number of esters is 3. The van der Waals surface area contributed by atoms with Gasteiger partial charge in [-0.25, -0.2) is 14.4 Å². The number of carbonyl (C=O) groups is 3. The molecule has 7 aromatic rings. The maximum atomic E-state index is 12.6. The zero-order valence-corrected chi connectivity index (χ0v) is 71.4. The number of anilines is 4. The van der Waals surface area contributed by atoms with Gasteiger partial charge < -0.3 is 50.0 Å². The number of hydrogen-bond acceptors (Lipinski definition) is 19. The van der Waals surface area contributed by atoms with E-state index in [1.807, 2.05) is 54.6 Å². The van der Waals surface area contributed by atoms with Gasteiger partial charge in [0.25, 0.3) is 11.4 Å². The summed E-state index contributed by atoms with van der Waals surface area (Å²) in [4.78, 5) is 74.6. The number of rotatable bonds is 24. The van der Waals surface area contributed by atoms with E-state index >= 15 is 0 Å². The van der Waals surface area contributed by atoms with E-state index in [2.05, 4.69) is 124 Å². The Morgan fingerprint density at radius 3 is 1.19 bits per heavy atom. The molecule has 4 aliphatic carbocycles. The van der Waals surface area contributed by atoms with Crippen LogP contribution in [0.15, 0.2) is 155 Å². The van der Waals surface area contributed by atoms with E-state index in [1.54, 1.807) is 48.5 Å². The maximum absolute atomic E-state index is 12.6.